The van der Waals surface area contributed by atoms with Crippen molar-refractivity contribution in [3.63, 3.8) is 0 Å². The van der Waals surface area contributed by atoms with Gasteiger partial charge in [-0.1, -0.05) is 0 Å². The van der Waals surface area contributed by atoms with E-state index in [1.807, 2.05) is 7.05 Å². The molecule has 24 heavy (non-hydrogen) atoms. The van der Waals surface area contributed by atoms with E-state index in [-0.39, 0.29) is 29.8 Å². The van der Waals surface area contributed by atoms with Crippen molar-refractivity contribution in [2.75, 3.05) is 39.9 Å². The van der Waals surface area contributed by atoms with Crippen molar-refractivity contribution in [1.82, 2.24) is 15.1 Å². The fourth-order valence-corrected chi connectivity index (χ4v) is 4.29. The number of ether oxygens (including phenoxy) is 1. The number of aliphatic hydroxyl groups excluding tert-OH is 1. The van der Waals surface area contributed by atoms with E-state index in [9.17, 15) is 14.7 Å². The molecule has 7 heteroatoms. The summed E-state index contributed by atoms with van der Waals surface area (Å²) in [7, 11) is 1.82. The van der Waals surface area contributed by atoms with E-state index in [2.05, 4.69) is 10.2 Å². The Bertz CT molecular complexity index is 467. The highest BCUT2D eigenvalue weighted by Crippen LogP contribution is 2.29. The van der Waals surface area contributed by atoms with E-state index in [4.69, 9.17) is 4.74 Å². The van der Waals surface area contributed by atoms with Crippen LogP contribution < -0.4 is 5.32 Å². The van der Waals surface area contributed by atoms with E-state index in [1.54, 1.807) is 4.90 Å². The number of nitrogens with zero attached hydrogens (tertiary/aromatic N) is 2. The van der Waals surface area contributed by atoms with E-state index < -0.39 is 6.10 Å². The second-order valence-electron chi connectivity index (χ2n) is 7.21. The first-order valence-electron chi connectivity index (χ1n) is 9.11. The topological polar surface area (TPSA) is 82.1 Å². The van der Waals surface area contributed by atoms with Crippen molar-refractivity contribution in [2.24, 2.45) is 5.92 Å². The Morgan fingerprint density at radius 2 is 2.04 bits per heavy atom. The lowest BCUT2D eigenvalue weighted by atomic mass is 9.85. The normalized spacial score (nSPS) is 33.1. The van der Waals surface area contributed by atoms with Crippen LogP contribution in [-0.2, 0) is 14.3 Å². The summed E-state index contributed by atoms with van der Waals surface area (Å²) >= 11 is 0. The molecule has 0 spiro atoms. The number of rotatable bonds is 3. The molecular formula is C17H29N3O4. The Hall–Kier alpha value is -1.18. The second-order valence-corrected chi connectivity index (χ2v) is 7.21. The molecule has 0 unspecified atom stereocenters. The van der Waals surface area contributed by atoms with Crippen molar-refractivity contribution in [3.05, 3.63) is 0 Å². The predicted octanol–water partition coefficient (Wildman–Crippen LogP) is -0.415. The molecule has 3 atom stereocenters. The number of likely N-dealkylation sites (N-methyl/N-ethyl adjacent to an activating group) is 1. The summed E-state index contributed by atoms with van der Waals surface area (Å²) in [5.41, 5.74) is 0. The van der Waals surface area contributed by atoms with Crippen LogP contribution in [0.4, 0.5) is 0 Å². The Morgan fingerprint density at radius 1 is 1.29 bits per heavy atom. The third kappa shape index (κ3) is 3.73. The maximum absolute atomic E-state index is 12.8. The summed E-state index contributed by atoms with van der Waals surface area (Å²) in [5.74, 6) is 0.152. The molecule has 2 aliphatic heterocycles. The van der Waals surface area contributed by atoms with Crippen LogP contribution in [0, 0.1) is 5.92 Å². The number of nitrogens with one attached hydrogen (secondary N) is 1. The van der Waals surface area contributed by atoms with Gasteiger partial charge in [0.25, 0.3) is 0 Å². The first-order valence-corrected chi connectivity index (χ1v) is 9.11. The zero-order chi connectivity index (χ0) is 17.1. The average Bonchev–Trinajstić information content (AvgIpc) is 2.61. The first-order chi connectivity index (χ1) is 11.6. The zero-order valence-corrected chi connectivity index (χ0v) is 14.4. The van der Waals surface area contributed by atoms with Crippen LogP contribution in [0.2, 0.25) is 0 Å². The van der Waals surface area contributed by atoms with Crippen molar-refractivity contribution in [1.29, 1.82) is 0 Å². The van der Waals surface area contributed by atoms with Crippen LogP contribution in [0.25, 0.3) is 0 Å². The number of amides is 2. The van der Waals surface area contributed by atoms with Gasteiger partial charge < -0.3 is 20.1 Å². The summed E-state index contributed by atoms with van der Waals surface area (Å²) in [6.45, 7) is 3.01. The lowest BCUT2D eigenvalue weighted by molar-refractivity contribution is -0.145. The number of carbonyl (C=O) groups excluding carboxylic acids is 2. The van der Waals surface area contributed by atoms with Gasteiger partial charge in [0, 0.05) is 45.3 Å². The number of aliphatic hydroxyl groups is 1. The second kappa shape index (κ2) is 7.80. The molecule has 3 aliphatic rings. The Kier molecular flexibility index (Phi) is 5.73. The van der Waals surface area contributed by atoms with Crippen LogP contribution >= 0.6 is 0 Å². The van der Waals surface area contributed by atoms with Crippen molar-refractivity contribution < 1.29 is 19.4 Å². The molecule has 7 nitrogen and oxygen atoms in total. The summed E-state index contributed by atoms with van der Waals surface area (Å²) in [6, 6.07) is -0.205. The van der Waals surface area contributed by atoms with Crippen molar-refractivity contribution in [3.8, 4) is 0 Å². The van der Waals surface area contributed by atoms with Gasteiger partial charge in [-0.05, 0) is 32.1 Å². The van der Waals surface area contributed by atoms with E-state index in [0.717, 1.165) is 38.6 Å². The SMILES string of the molecule is CN(C(=O)C1CCOCC1)[C@@H]1CCC[C@@H](N2CCNC(=O)C2)[C@@H]1O. The molecule has 3 rings (SSSR count). The molecule has 0 aromatic heterocycles. The molecule has 0 radical (unpaired) electrons. The third-order valence-electron chi connectivity index (χ3n) is 5.74. The van der Waals surface area contributed by atoms with Gasteiger partial charge in [0.15, 0.2) is 0 Å². The number of hydrogen-bond acceptors (Lipinski definition) is 5. The van der Waals surface area contributed by atoms with Gasteiger partial charge in [-0.3, -0.25) is 14.5 Å². The lowest BCUT2D eigenvalue weighted by Gasteiger charge is -2.45. The van der Waals surface area contributed by atoms with Gasteiger partial charge in [-0.2, -0.15) is 0 Å². The van der Waals surface area contributed by atoms with Gasteiger partial charge in [-0.25, -0.2) is 0 Å². The Morgan fingerprint density at radius 3 is 2.75 bits per heavy atom. The zero-order valence-electron chi connectivity index (χ0n) is 14.4. The Balaban J connectivity index is 1.64. The maximum Gasteiger partial charge on any atom is 0.234 e. The minimum atomic E-state index is -0.599. The molecule has 2 amide bonds. The molecule has 1 saturated carbocycles. The summed E-state index contributed by atoms with van der Waals surface area (Å²) in [6.07, 6.45) is 3.60. The summed E-state index contributed by atoms with van der Waals surface area (Å²) in [4.78, 5) is 28.2. The monoisotopic (exact) mass is 339 g/mol. The molecule has 0 aromatic carbocycles. The molecule has 3 fully saturated rings. The molecule has 2 saturated heterocycles. The summed E-state index contributed by atoms with van der Waals surface area (Å²) in [5, 5.41) is 13.7. The van der Waals surface area contributed by atoms with Crippen LogP contribution in [0.15, 0.2) is 0 Å². The predicted molar refractivity (Wildman–Crippen MR) is 88.3 cm³/mol. The van der Waals surface area contributed by atoms with Gasteiger partial charge in [0.05, 0.1) is 18.7 Å². The Labute approximate surface area is 143 Å². The highest BCUT2D eigenvalue weighted by Gasteiger charge is 2.40. The highest BCUT2D eigenvalue weighted by molar-refractivity contribution is 5.79. The molecular weight excluding hydrogens is 310 g/mol. The minimum absolute atomic E-state index is 0.0112. The lowest BCUT2D eigenvalue weighted by Crippen LogP contribution is -2.61. The number of hydrogen-bond donors (Lipinski definition) is 2. The van der Waals surface area contributed by atoms with E-state index >= 15 is 0 Å². The molecule has 0 aromatic rings. The molecule has 136 valence electrons. The molecule has 2 heterocycles. The first kappa shape index (κ1) is 17.6. The van der Waals surface area contributed by atoms with Crippen LogP contribution in [0.1, 0.15) is 32.1 Å². The standard InChI is InChI=1S/C17H29N3O4/c1-19(17(23)12-5-9-24-10-6-12)13-3-2-4-14(16(13)22)20-8-7-18-15(21)11-20/h12-14,16,22H,2-11H2,1H3,(H,18,21)/t13-,14-,16-/m1/s1. The molecule has 2 N–H and O–H groups in total. The van der Waals surface area contributed by atoms with Gasteiger partial charge in [-0.15, -0.1) is 0 Å². The van der Waals surface area contributed by atoms with E-state index in [0.29, 0.717) is 26.3 Å². The van der Waals surface area contributed by atoms with Crippen LogP contribution in [0.3, 0.4) is 0 Å². The van der Waals surface area contributed by atoms with Crippen LogP contribution in [-0.4, -0.2) is 84.8 Å². The molecule has 0 bridgehead atoms. The fraction of sp³-hybridized carbons (Fsp3) is 0.882. The fourth-order valence-electron chi connectivity index (χ4n) is 4.29. The number of piperazine rings is 1. The highest BCUT2D eigenvalue weighted by atomic mass is 16.5. The molecule has 1 aliphatic carbocycles. The van der Waals surface area contributed by atoms with Crippen molar-refractivity contribution in [2.45, 2.75) is 50.3 Å². The van der Waals surface area contributed by atoms with Crippen LogP contribution in [0.5, 0.6) is 0 Å². The quantitative estimate of drug-likeness (QED) is 0.730. The largest absolute Gasteiger partial charge is 0.389 e. The van der Waals surface area contributed by atoms with Gasteiger partial charge in [0.1, 0.15) is 0 Å². The maximum atomic E-state index is 12.8. The van der Waals surface area contributed by atoms with Crippen molar-refractivity contribution >= 4 is 11.8 Å². The van der Waals surface area contributed by atoms with Gasteiger partial charge in [0.2, 0.25) is 11.8 Å². The van der Waals surface area contributed by atoms with E-state index in [1.165, 1.54) is 0 Å². The minimum Gasteiger partial charge on any atom is -0.389 e. The smallest absolute Gasteiger partial charge is 0.234 e. The average molecular weight is 339 g/mol. The summed E-state index contributed by atoms with van der Waals surface area (Å²) < 4.78 is 5.34. The van der Waals surface area contributed by atoms with Gasteiger partial charge >= 0.3 is 0 Å². The third-order valence-corrected chi connectivity index (χ3v) is 5.74. The number of carbonyl (C=O) groups is 2.